The number of amides is 1. The number of ether oxygens (including phenoxy) is 2. The Labute approximate surface area is 221 Å². The van der Waals surface area contributed by atoms with Crippen molar-refractivity contribution in [1.82, 2.24) is 9.80 Å². The predicted molar refractivity (Wildman–Crippen MR) is 144 cm³/mol. The van der Waals surface area contributed by atoms with Crippen LogP contribution in [0.2, 0.25) is 0 Å². The zero-order chi connectivity index (χ0) is 25.9. The number of hydrogen-bond donors (Lipinski definition) is 0. The van der Waals surface area contributed by atoms with Gasteiger partial charge in [-0.2, -0.15) is 0 Å². The van der Waals surface area contributed by atoms with Crippen molar-refractivity contribution in [2.45, 2.75) is 19.1 Å². The molecule has 1 unspecified atom stereocenters. The maximum absolute atomic E-state index is 13.7. The van der Waals surface area contributed by atoms with E-state index in [1.807, 2.05) is 66.7 Å². The van der Waals surface area contributed by atoms with Crippen LogP contribution < -0.4 is 10.2 Å². The van der Waals surface area contributed by atoms with Crippen molar-refractivity contribution in [3.05, 3.63) is 112 Å². The molecule has 0 saturated carbocycles. The molecule has 7 nitrogen and oxygen atoms in total. The highest BCUT2D eigenvalue weighted by Crippen LogP contribution is 2.38. The molecule has 2 aliphatic heterocycles. The van der Waals surface area contributed by atoms with Gasteiger partial charge in [0, 0.05) is 26.2 Å². The van der Waals surface area contributed by atoms with Crippen LogP contribution >= 0.6 is 0 Å². The highest BCUT2D eigenvalue weighted by Gasteiger charge is 2.42. The monoisotopic (exact) mass is 510 g/mol. The van der Waals surface area contributed by atoms with Gasteiger partial charge >= 0.3 is 0 Å². The molecule has 1 atom stereocenters. The molecular formula is C31H30N2O5. The van der Waals surface area contributed by atoms with E-state index in [0.29, 0.717) is 29.7 Å². The summed E-state index contributed by atoms with van der Waals surface area (Å²) in [6.45, 7) is 5.12. The molecule has 2 aliphatic rings. The van der Waals surface area contributed by atoms with E-state index in [0.717, 1.165) is 56.1 Å². The molecule has 0 N–H and O–H groups in total. The van der Waals surface area contributed by atoms with Gasteiger partial charge in [-0.1, -0.05) is 54.6 Å². The molecule has 4 aromatic rings. The molecule has 1 fully saturated rings. The summed E-state index contributed by atoms with van der Waals surface area (Å²) in [5.74, 6) is 0.639. The third-order valence-corrected chi connectivity index (χ3v) is 7.29. The Balaban J connectivity index is 1.29. The van der Waals surface area contributed by atoms with Gasteiger partial charge in [0.1, 0.15) is 17.9 Å². The zero-order valence-corrected chi connectivity index (χ0v) is 21.2. The second kappa shape index (κ2) is 10.8. The summed E-state index contributed by atoms with van der Waals surface area (Å²) in [7, 11) is 0. The van der Waals surface area contributed by atoms with Crippen molar-refractivity contribution < 1.29 is 18.7 Å². The Kier molecular flexibility index (Phi) is 6.94. The van der Waals surface area contributed by atoms with E-state index < -0.39 is 6.04 Å². The topological polar surface area (TPSA) is 72.2 Å². The molecule has 0 spiro atoms. The van der Waals surface area contributed by atoms with Gasteiger partial charge in [0.05, 0.1) is 30.2 Å². The number of carbonyl (C=O) groups excluding carboxylic acids is 1. The lowest BCUT2D eigenvalue weighted by atomic mass is 9.98. The van der Waals surface area contributed by atoms with Gasteiger partial charge in [0.25, 0.3) is 5.91 Å². The summed E-state index contributed by atoms with van der Waals surface area (Å²) in [5.41, 5.74) is 2.64. The van der Waals surface area contributed by atoms with E-state index in [1.165, 1.54) is 0 Å². The largest absolute Gasteiger partial charge is 0.489 e. The molecule has 6 rings (SSSR count). The number of morpholine rings is 1. The van der Waals surface area contributed by atoms with Crippen LogP contribution in [0.1, 0.15) is 39.7 Å². The van der Waals surface area contributed by atoms with Crippen molar-refractivity contribution in [1.29, 1.82) is 0 Å². The highest BCUT2D eigenvalue weighted by atomic mass is 16.5. The number of para-hydroxylation sites is 1. The quantitative estimate of drug-likeness (QED) is 0.344. The molecule has 0 bridgehead atoms. The van der Waals surface area contributed by atoms with Crippen molar-refractivity contribution in [2.75, 3.05) is 39.4 Å². The minimum absolute atomic E-state index is 0.148. The summed E-state index contributed by atoms with van der Waals surface area (Å²) in [4.78, 5) is 31.4. The average molecular weight is 511 g/mol. The molecule has 3 heterocycles. The first kappa shape index (κ1) is 24.4. The number of hydrogen-bond acceptors (Lipinski definition) is 6. The SMILES string of the molecule is O=C1c2oc3ccccc3c(=O)c2C(c2ccc(OCc3ccccc3)cc2)N1CCCN1CCOCC1. The number of carbonyl (C=O) groups is 1. The second-order valence-electron chi connectivity index (χ2n) is 9.72. The number of rotatable bonds is 8. The van der Waals surface area contributed by atoms with Crippen LogP contribution in [0.15, 0.2) is 88.1 Å². The maximum Gasteiger partial charge on any atom is 0.290 e. The van der Waals surface area contributed by atoms with Crippen LogP contribution in [0.4, 0.5) is 0 Å². The summed E-state index contributed by atoms with van der Waals surface area (Å²) >= 11 is 0. The molecule has 0 aliphatic carbocycles. The molecular weight excluding hydrogens is 480 g/mol. The third-order valence-electron chi connectivity index (χ3n) is 7.29. The van der Waals surface area contributed by atoms with Crippen molar-refractivity contribution in [3.63, 3.8) is 0 Å². The number of fused-ring (bicyclic) bond motifs is 2. The Morgan fingerprint density at radius 3 is 2.37 bits per heavy atom. The predicted octanol–water partition coefficient (Wildman–Crippen LogP) is 4.64. The van der Waals surface area contributed by atoms with E-state index in [9.17, 15) is 9.59 Å². The van der Waals surface area contributed by atoms with Gasteiger partial charge in [-0.05, 0) is 41.8 Å². The molecule has 0 radical (unpaired) electrons. The van der Waals surface area contributed by atoms with E-state index in [1.54, 1.807) is 17.0 Å². The molecule has 1 amide bonds. The lowest BCUT2D eigenvalue weighted by molar-refractivity contribution is 0.0353. The van der Waals surface area contributed by atoms with Crippen LogP contribution in [0.25, 0.3) is 11.0 Å². The summed E-state index contributed by atoms with van der Waals surface area (Å²) in [6, 6.07) is 24.3. The normalized spacial score (nSPS) is 17.6. The zero-order valence-electron chi connectivity index (χ0n) is 21.2. The average Bonchev–Trinajstić information content (AvgIpc) is 3.25. The molecule has 7 heteroatoms. The van der Waals surface area contributed by atoms with E-state index in [2.05, 4.69) is 4.90 Å². The Morgan fingerprint density at radius 1 is 0.842 bits per heavy atom. The van der Waals surface area contributed by atoms with Crippen LogP contribution in [0, 0.1) is 0 Å². The first-order chi connectivity index (χ1) is 18.7. The van der Waals surface area contributed by atoms with Crippen molar-refractivity contribution in [3.8, 4) is 5.75 Å². The smallest absolute Gasteiger partial charge is 0.290 e. The molecule has 194 valence electrons. The van der Waals surface area contributed by atoms with Crippen LogP contribution in [0.3, 0.4) is 0 Å². The van der Waals surface area contributed by atoms with Crippen LogP contribution in [-0.2, 0) is 11.3 Å². The molecule has 1 aromatic heterocycles. The summed E-state index contributed by atoms with van der Waals surface area (Å²) in [6.07, 6.45) is 0.794. The van der Waals surface area contributed by atoms with Crippen LogP contribution in [-0.4, -0.2) is 55.1 Å². The standard InChI is InChI=1S/C31H30N2O5/c34-29-25-9-4-5-10-26(25)38-30-27(29)28(33(31(30)35)16-6-15-32-17-19-36-20-18-32)23-11-13-24(14-12-23)37-21-22-7-2-1-3-8-22/h1-5,7-14,28H,6,15-21H2. The fourth-order valence-electron chi connectivity index (χ4n) is 5.32. The van der Waals surface area contributed by atoms with E-state index >= 15 is 0 Å². The first-order valence-corrected chi connectivity index (χ1v) is 13.1. The van der Waals surface area contributed by atoms with E-state index in [4.69, 9.17) is 13.9 Å². The number of benzene rings is 3. The molecule has 38 heavy (non-hydrogen) atoms. The Bertz CT molecular complexity index is 1480. The van der Waals surface area contributed by atoms with Gasteiger partial charge < -0.3 is 18.8 Å². The minimum Gasteiger partial charge on any atom is -0.489 e. The molecule has 1 saturated heterocycles. The fraction of sp³-hybridized carbons (Fsp3) is 0.290. The lowest BCUT2D eigenvalue weighted by Gasteiger charge is -2.29. The van der Waals surface area contributed by atoms with Gasteiger partial charge in [0.2, 0.25) is 5.76 Å². The molecule has 3 aromatic carbocycles. The second-order valence-corrected chi connectivity index (χ2v) is 9.72. The summed E-state index contributed by atoms with van der Waals surface area (Å²) in [5, 5.41) is 0.488. The minimum atomic E-state index is -0.508. The highest BCUT2D eigenvalue weighted by molar-refractivity contribution is 5.99. The van der Waals surface area contributed by atoms with Crippen molar-refractivity contribution in [2.24, 2.45) is 0 Å². The fourth-order valence-corrected chi connectivity index (χ4v) is 5.32. The maximum atomic E-state index is 13.7. The number of nitrogens with zero attached hydrogens (tertiary/aromatic N) is 2. The Hall–Kier alpha value is -3.94. The van der Waals surface area contributed by atoms with Crippen molar-refractivity contribution >= 4 is 16.9 Å². The first-order valence-electron chi connectivity index (χ1n) is 13.1. The lowest BCUT2D eigenvalue weighted by Crippen LogP contribution is -2.38. The van der Waals surface area contributed by atoms with Gasteiger partial charge in [-0.15, -0.1) is 0 Å². The van der Waals surface area contributed by atoms with E-state index in [-0.39, 0.29) is 17.1 Å². The third kappa shape index (κ3) is 4.83. The van der Waals surface area contributed by atoms with Gasteiger partial charge in [-0.3, -0.25) is 14.5 Å². The Morgan fingerprint density at radius 2 is 1.58 bits per heavy atom. The van der Waals surface area contributed by atoms with Gasteiger partial charge in [-0.25, -0.2) is 0 Å². The van der Waals surface area contributed by atoms with Crippen LogP contribution in [0.5, 0.6) is 5.75 Å². The van der Waals surface area contributed by atoms with Gasteiger partial charge in [0.15, 0.2) is 5.43 Å². The summed E-state index contributed by atoms with van der Waals surface area (Å²) < 4.78 is 17.5.